The highest BCUT2D eigenvalue weighted by Crippen LogP contribution is 2.21. The third kappa shape index (κ3) is 4.30. The van der Waals surface area contributed by atoms with E-state index in [1.807, 2.05) is 0 Å². The molecule has 0 unspecified atom stereocenters. The summed E-state index contributed by atoms with van der Waals surface area (Å²) >= 11 is 0. The summed E-state index contributed by atoms with van der Waals surface area (Å²) in [5.41, 5.74) is 6.20. The normalized spacial score (nSPS) is 14.1. The lowest BCUT2D eigenvalue weighted by atomic mass is 10.0. The Morgan fingerprint density at radius 3 is 2.50 bits per heavy atom. The van der Waals surface area contributed by atoms with Crippen molar-refractivity contribution in [3.05, 3.63) is 29.8 Å². The van der Waals surface area contributed by atoms with Gasteiger partial charge in [0.2, 0.25) is 0 Å². The molecule has 0 aliphatic carbocycles. The van der Waals surface area contributed by atoms with Crippen molar-refractivity contribution in [2.75, 3.05) is 0 Å². The van der Waals surface area contributed by atoms with Crippen LogP contribution in [0.15, 0.2) is 24.3 Å². The Morgan fingerprint density at radius 2 is 2.00 bits per heavy atom. The monoisotopic (exact) mass is 253 g/mol. The summed E-state index contributed by atoms with van der Waals surface area (Å²) < 4.78 is 28.0. The number of rotatable bonds is 4. The van der Waals surface area contributed by atoms with Crippen molar-refractivity contribution in [1.29, 1.82) is 0 Å². The second-order valence-electron chi connectivity index (χ2n) is 3.22. The van der Waals surface area contributed by atoms with Gasteiger partial charge in [-0.2, -0.15) is 8.78 Å². The van der Waals surface area contributed by atoms with E-state index in [-0.39, 0.29) is 18.2 Å². The number of nitrogens with two attached hydrogens (primary N) is 1. The fourth-order valence-corrected chi connectivity index (χ4v) is 1.18. The average Bonchev–Trinajstić information content (AvgIpc) is 2.16. The first-order valence-electron chi connectivity index (χ1n) is 4.49. The van der Waals surface area contributed by atoms with Gasteiger partial charge >= 0.3 is 6.61 Å². The molecule has 1 rings (SSSR count). The van der Waals surface area contributed by atoms with Gasteiger partial charge in [0.1, 0.15) is 5.75 Å². The van der Waals surface area contributed by atoms with Gasteiger partial charge in [0, 0.05) is 0 Å². The van der Waals surface area contributed by atoms with Crippen molar-refractivity contribution in [3.63, 3.8) is 0 Å². The molecule has 92 valence electrons. The molecule has 2 atom stereocenters. The number of hydrogen-bond donors (Lipinski definition) is 2. The summed E-state index contributed by atoms with van der Waals surface area (Å²) in [7, 11) is 0. The van der Waals surface area contributed by atoms with E-state index < -0.39 is 18.8 Å². The average molecular weight is 254 g/mol. The Labute approximate surface area is 98.6 Å². The minimum absolute atomic E-state index is 0. The molecular formula is C10H14ClF2NO2. The van der Waals surface area contributed by atoms with Crippen molar-refractivity contribution < 1.29 is 18.6 Å². The highest BCUT2D eigenvalue weighted by Gasteiger charge is 2.13. The Kier molecular flexibility index (Phi) is 6.25. The van der Waals surface area contributed by atoms with Crippen molar-refractivity contribution in [3.8, 4) is 5.75 Å². The molecule has 0 fully saturated rings. The van der Waals surface area contributed by atoms with Crippen LogP contribution >= 0.6 is 12.4 Å². The molecule has 0 aliphatic heterocycles. The molecule has 16 heavy (non-hydrogen) atoms. The molecule has 0 saturated heterocycles. The Morgan fingerprint density at radius 1 is 1.38 bits per heavy atom. The van der Waals surface area contributed by atoms with Crippen LogP contribution in [0.25, 0.3) is 0 Å². The zero-order valence-electron chi connectivity index (χ0n) is 8.64. The number of ether oxygens (including phenoxy) is 1. The van der Waals surface area contributed by atoms with Crippen molar-refractivity contribution >= 4 is 12.4 Å². The molecule has 3 N–H and O–H groups in total. The Balaban J connectivity index is 0.00000225. The predicted molar refractivity (Wildman–Crippen MR) is 58.9 cm³/mol. The number of benzene rings is 1. The van der Waals surface area contributed by atoms with Gasteiger partial charge < -0.3 is 15.6 Å². The summed E-state index contributed by atoms with van der Waals surface area (Å²) in [5.74, 6) is 0.0404. The van der Waals surface area contributed by atoms with Gasteiger partial charge in [-0.25, -0.2) is 0 Å². The highest BCUT2D eigenvalue weighted by atomic mass is 35.5. The van der Waals surface area contributed by atoms with Gasteiger partial charge in [-0.3, -0.25) is 0 Å². The van der Waals surface area contributed by atoms with Gasteiger partial charge in [-0.15, -0.1) is 12.4 Å². The van der Waals surface area contributed by atoms with Gasteiger partial charge in [0.15, 0.2) is 0 Å². The van der Waals surface area contributed by atoms with E-state index >= 15 is 0 Å². The second kappa shape index (κ2) is 6.62. The fourth-order valence-electron chi connectivity index (χ4n) is 1.18. The predicted octanol–water partition coefficient (Wildman–Crippen LogP) is 2.09. The van der Waals surface area contributed by atoms with Gasteiger partial charge in [-0.05, 0) is 24.6 Å². The van der Waals surface area contributed by atoms with Crippen LogP contribution in [-0.2, 0) is 0 Å². The first-order chi connectivity index (χ1) is 7.00. The first-order valence-corrected chi connectivity index (χ1v) is 4.49. The summed E-state index contributed by atoms with van der Waals surface area (Å²) in [6.07, 6.45) is -0.744. The van der Waals surface area contributed by atoms with E-state index in [4.69, 9.17) is 5.73 Å². The van der Waals surface area contributed by atoms with Crippen LogP contribution in [0.3, 0.4) is 0 Å². The lowest BCUT2D eigenvalue weighted by Crippen LogP contribution is -2.23. The lowest BCUT2D eigenvalue weighted by Gasteiger charge is -2.15. The zero-order chi connectivity index (χ0) is 11.4. The third-order valence-corrected chi connectivity index (χ3v) is 1.99. The van der Waals surface area contributed by atoms with Gasteiger partial charge in [-0.1, -0.05) is 12.1 Å². The van der Waals surface area contributed by atoms with Crippen molar-refractivity contribution in [2.24, 2.45) is 5.73 Å². The summed E-state index contributed by atoms with van der Waals surface area (Å²) in [6.45, 7) is -1.33. The Hall–Kier alpha value is -0.910. The molecule has 0 saturated carbocycles. The topological polar surface area (TPSA) is 55.5 Å². The number of aliphatic hydroxyl groups is 1. The lowest BCUT2D eigenvalue weighted by molar-refractivity contribution is -0.0499. The molecule has 0 heterocycles. The van der Waals surface area contributed by atoms with E-state index in [9.17, 15) is 13.9 Å². The van der Waals surface area contributed by atoms with E-state index in [1.165, 1.54) is 19.1 Å². The fraction of sp³-hybridized carbons (Fsp3) is 0.400. The summed E-state index contributed by atoms with van der Waals surface area (Å²) in [6, 6.07) is 5.39. The maximum absolute atomic E-state index is 11.9. The quantitative estimate of drug-likeness (QED) is 0.864. The standard InChI is InChI=1S/C10H13F2NO2.ClH/c1-6(14)9(13)7-3-2-4-8(5-7)15-10(11)12;/h2-6,9-10,14H,13H2,1H3;1H/t6-,9-;/m1./s1. The summed E-state index contributed by atoms with van der Waals surface area (Å²) in [4.78, 5) is 0. The van der Waals surface area contributed by atoms with E-state index in [0.717, 1.165) is 0 Å². The van der Waals surface area contributed by atoms with Crippen LogP contribution in [0, 0.1) is 0 Å². The Bertz CT molecular complexity index is 323. The molecule has 3 nitrogen and oxygen atoms in total. The van der Waals surface area contributed by atoms with Crippen molar-refractivity contribution in [1.82, 2.24) is 0 Å². The minimum Gasteiger partial charge on any atom is -0.435 e. The van der Waals surface area contributed by atoms with Crippen LogP contribution in [0.1, 0.15) is 18.5 Å². The second-order valence-corrected chi connectivity index (χ2v) is 3.22. The minimum atomic E-state index is -2.86. The van der Waals surface area contributed by atoms with E-state index in [1.54, 1.807) is 12.1 Å². The van der Waals surface area contributed by atoms with E-state index in [0.29, 0.717) is 5.56 Å². The first kappa shape index (κ1) is 15.1. The SMILES string of the molecule is C[C@@H](O)[C@@H](N)c1cccc(OC(F)F)c1.Cl. The molecule has 0 aliphatic rings. The van der Waals surface area contributed by atoms with Crippen LogP contribution in [0.2, 0.25) is 0 Å². The molecule has 0 bridgehead atoms. The molecule has 0 amide bonds. The molecule has 0 radical (unpaired) electrons. The summed E-state index contributed by atoms with van der Waals surface area (Å²) in [5, 5.41) is 9.23. The number of alkyl halides is 2. The van der Waals surface area contributed by atoms with Crippen LogP contribution in [-0.4, -0.2) is 17.8 Å². The maximum atomic E-state index is 11.9. The zero-order valence-corrected chi connectivity index (χ0v) is 9.45. The molecule has 1 aromatic carbocycles. The third-order valence-electron chi connectivity index (χ3n) is 1.99. The molecule has 1 aromatic rings. The largest absolute Gasteiger partial charge is 0.435 e. The van der Waals surface area contributed by atoms with E-state index in [2.05, 4.69) is 4.74 Å². The molecule has 0 spiro atoms. The number of halogens is 3. The molecular weight excluding hydrogens is 240 g/mol. The van der Waals surface area contributed by atoms with Gasteiger partial charge in [0.25, 0.3) is 0 Å². The smallest absolute Gasteiger partial charge is 0.387 e. The van der Waals surface area contributed by atoms with Crippen LogP contribution in [0.5, 0.6) is 5.75 Å². The van der Waals surface area contributed by atoms with Crippen LogP contribution in [0.4, 0.5) is 8.78 Å². The van der Waals surface area contributed by atoms with Gasteiger partial charge in [0.05, 0.1) is 12.1 Å². The number of aliphatic hydroxyl groups excluding tert-OH is 1. The van der Waals surface area contributed by atoms with Crippen molar-refractivity contribution in [2.45, 2.75) is 25.7 Å². The molecule has 0 aromatic heterocycles. The molecule has 6 heteroatoms. The highest BCUT2D eigenvalue weighted by molar-refractivity contribution is 5.85. The number of hydrogen-bond acceptors (Lipinski definition) is 3. The van der Waals surface area contributed by atoms with Crippen LogP contribution < -0.4 is 10.5 Å². The maximum Gasteiger partial charge on any atom is 0.387 e.